The van der Waals surface area contributed by atoms with Crippen molar-refractivity contribution >= 4 is 28.1 Å². The van der Waals surface area contributed by atoms with Gasteiger partial charge in [-0.05, 0) is 19.1 Å². The molecule has 0 atom stereocenters. The van der Waals surface area contributed by atoms with Crippen LogP contribution in [0, 0.1) is 6.92 Å². The summed E-state index contributed by atoms with van der Waals surface area (Å²) in [5.74, 6) is -0.175. The second kappa shape index (κ2) is 6.60. The van der Waals surface area contributed by atoms with Gasteiger partial charge in [0.2, 0.25) is 5.78 Å². The van der Waals surface area contributed by atoms with Gasteiger partial charge in [-0.1, -0.05) is 72.8 Å². The molecule has 0 fully saturated rings. The van der Waals surface area contributed by atoms with E-state index in [9.17, 15) is 9.59 Å². The molecule has 0 bridgehead atoms. The molecule has 0 amide bonds. The van der Waals surface area contributed by atoms with Gasteiger partial charge in [0.1, 0.15) is 11.3 Å². The van der Waals surface area contributed by atoms with Crippen molar-refractivity contribution in [1.29, 1.82) is 0 Å². The third-order valence-electron chi connectivity index (χ3n) is 5.25. The lowest BCUT2D eigenvalue weighted by atomic mass is 10.0. The number of carbonyl (C=O) groups is 2. The molecule has 0 spiro atoms. The largest absolute Gasteiger partial charge is 0.296 e. The lowest BCUT2D eigenvalue weighted by Crippen LogP contribution is -2.13. The van der Waals surface area contributed by atoms with E-state index in [1.54, 1.807) is 16.7 Å². The van der Waals surface area contributed by atoms with Crippen LogP contribution in [0.3, 0.4) is 0 Å². The van der Waals surface area contributed by atoms with Crippen LogP contribution in [0.4, 0.5) is 0 Å². The normalized spacial score (nSPS) is 11.2. The molecule has 0 saturated carbocycles. The van der Waals surface area contributed by atoms with Crippen molar-refractivity contribution in [1.82, 2.24) is 8.97 Å². The van der Waals surface area contributed by atoms with Crippen molar-refractivity contribution < 1.29 is 9.59 Å². The summed E-state index contributed by atoms with van der Waals surface area (Å²) in [5, 5.41) is 1.72. The first-order chi connectivity index (χ1) is 14.2. The highest BCUT2D eigenvalue weighted by molar-refractivity contribution is 6.19. The molecule has 3 aromatic carbocycles. The van der Waals surface area contributed by atoms with Crippen molar-refractivity contribution in [3.8, 4) is 0 Å². The van der Waals surface area contributed by atoms with E-state index in [0.717, 1.165) is 16.5 Å². The molecule has 5 rings (SSSR count). The summed E-state index contributed by atoms with van der Waals surface area (Å²) in [6.07, 6.45) is 1.87. The summed E-state index contributed by atoms with van der Waals surface area (Å²) in [6, 6.07) is 26.2. The molecular formula is C25H18N2O2. The standard InChI is InChI=1S/C25H18N2O2/c1-17-16-26-22(23(28)18-10-4-2-5-11-18)20-14-8-9-15-21(20)24(26)27(17)25(29)19-12-6-3-7-13-19/h2-16H,1H3. The van der Waals surface area contributed by atoms with Crippen LogP contribution in [0.5, 0.6) is 0 Å². The van der Waals surface area contributed by atoms with E-state index in [-0.39, 0.29) is 11.7 Å². The maximum atomic E-state index is 13.4. The zero-order valence-corrected chi connectivity index (χ0v) is 15.9. The summed E-state index contributed by atoms with van der Waals surface area (Å²) in [5.41, 5.74) is 3.30. The Labute approximate surface area is 167 Å². The van der Waals surface area contributed by atoms with Crippen LogP contribution in [0.15, 0.2) is 91.1 Å². The van der Waals surface area contributed by atoms with Crippen LogP contribution in [-0.2, 0) is 0 Å². The van der Waals surface area contributed by atoms with Crippen LogP contribution < -0.4 is 0 Å². The number of hydrogen-bond donors (Lipinski definition) is 0. The summed E-state index contributed by atoms with van der Waals surface area (Å²) in [7, 11) is 0. The minimum atomic E-state index is -0.111. The number of aryl methyl sites for hydroxylation is 1. The number of rotatable bonds is 3. The fraction of sp³-hybridized carbons (Fsp3) is 0.0400. The minimum Gasteiger partial charge on any atom is -0.296 e. The fourth-order valence-corrected chi connectivity index (χ4v) is 3.94. The number of ketones is 1. The Balaban J connectivity index is 1.82. The number of hydrogen-bond acceptors (Lipinski definition) is 2. The van der Waals surface area contributed by atoms with Gasteiger partial charge in [-0.3, -0.25) is 18.6 Å². The molecule has 0 saturated heterocycles. The summed E-state index contributed by atoms with van der Waals surface area (Å²) < 4.78 is 3.55. The smallest absolute Gasteiger partial charge is 0.263 e. The van der Waals surface area contributed by atoms with Gasteiger partial charge in [-0.15, -0.1) is 0 Å². The van der Waals surface area contributed by atoms with E-state index in [0.29, 0.717) is 22.5 Å². The van der Waals surface area contributed by atoms with E-state index >= 15 is 0 Å². The third kappa shape index (κ3) is 2.61. The van der Waals surface area contributed by atoms with E-state index in [2.05, 4.69) is 0 Å². The Kier molecular flexibility index (Phi) is 3.91. The lowest BCUT2D eigenvalue weighted by molar-refractivity contribution is 0.0961. The number of carbonyl (C=O) groups excluding carboxylic acids is 2. The van der Waals surface area contributed by atoms with E-state index in [1.165, 1.54) is 0 Å². The van der Waals surface area contributed by atoms with E-state index < -0.39 is 0 Å². The number of benzene rings is 3. The molecule has 4 heteroatoms. The van der Waals surface area contributed by atoms with Crippen molar-refractivity contribution in [3.63, 3.8) is 0 Å². The first-order valence-electron chi connectivity index (χ1n) is 9.47. The van der Waals surface area contributed by atoms with Crippen molar-refractivity contribution in [3.05, 3.63) is 114 Å². The Morgan fingerprint density at radius 2 is 1.24 bits per heavy atom. The molecule has 0 aliphatic rings. The van der Waals surface area contributed by atoms with Gasteiger partial charge >= 0.3 is 0 Å². The molecule has 0 N–H and O–H groups in total. The van der Waals surface area contributed by atoms with Crippen LogP contribution >= 0.6 is 0 Å². The third-order valence-corrected chi connectivity index (χ3v) is 5.25. The van der Waals surface area contributed by atoms with Gasteiger partial charge in [0, 0.05) is 33.8 Å². The van der Waals surface area contributed by atoms with E-state index in [1.807, 2.05) is 90.3 Å². The Bertz CT molecular complexity index is 1380. The van der Waals surface area contributed by atoms with Crippen molar-refractivity contribution in [2.75, 3.05) is 0 Å². The van der Waals surface area contributed by atoms with Gasteiger partial charge in [0.05, 0.1) is 0 Å². The predicted octanol–water partition coefficient (Wildman–Crippen LogP) is 5.12. The summed E-state index contributed by atoms with van der Waals surface area (Å²) in [4.78, 5) is 26.7. The number of imidazole rings is 1. The SMILES string of the molecule is Cc1cn2c(C(=O)c3ccccc3)c3ccccc3c2n1C(=O)c1ccccc1. The average molecular weight is 378 g/mol. The molecule has 2 heterocycles. The predicted molar refractivity (Wildman–Crippen MR) is 114 cm³/mol. The Morgan fingerprint density at radius 1 is 0.690 bits per heavy atom. The first-order valence-corrected chi connectivity index (χ1v) is 9.47. The quantitative estimate of drug-likeness (QED) is 0.409. The number of nitrogens with zero attached hydrogens (tertiary/aromatic N) is 2. The topological polar surface area (TPSA) is 43.5 Å². The van der Waals surface area contributed by atoms with Crippen LogP contribution in [0.1, 0.15) is 32.1 Å². The average Bonchev–Trinajstić information content (AvgIpc) is 3.26. The van der Waals surface area contributed by atoms with Crippen molar-refractivity contribution in [2.24, 2.45) is 0 Å². The van der Waals surface area contributed by atoms with Gasteiger partial charge in [-0.25, -0.2) is 0 Å². The number of fused-ring (bicyclic) bond motifs is 3. The highest BCUT2D eigenvalue weighted by atomic mass is 16.2. The zero-order valence-electron chi connectivity index (χ0n) is 15.9. The summed E-state index contributed by atoms with van der Waals surface area (Å²) in [6.45, 7) is 1.89. The molecule has 140 valence electrons. The van der Waals surface area contributed by atoms with Gasteiger partial charge in [0.25, 0.3) is 5.91 Å². The van der Waals surface area contributed by atoms with Gasteiger partial charge < -0.3 is 0 Å². The first kappa shape index (κ1) is 17.2. The molecule has 0 aliphatic carbocycles. The molecule has 5 aromatic rings. The highest BCUT2D eigenvalue weighted by Gasteiger charge is 2.25. The number of aromatic nitrogens is 2. The molecule has 2 aromatic heterocycles. The lowest BCUT2D eigenvalue weighted by Gasteiger charge is -2.05. The van der Waals surface area contributed by atoms with E-state index in [4.69, 9.17) is 0 Å². The second-order valence-corrected chi connectivity index (χ2v) is 7.06. The van der Waals surface area contributed by atoms with Crippen LogP contribution in [0.25, 0.3) is 16.4 Å². The fourth-order valence-electron chi connectivity index (χ4n) is 3.94. The molecule has 0 radical (unpaired) electrons. The minimum absolute atomic E-state index is 0.0638. The maximum Gasteiger partial charge on any atom is 0.263 e. The van der Waals surface area contributed by atoms with Crippen LogP contribution in [-0.4, -0.2) is 20.7 Å². The maximum absolute atomic E-state index is 13.4. The second-order valence-electron chi connectivity index (χ2n) is 7.06. The zero-order chi connectivity index (χ0) is 20.0. The molecule has 29 heavy (non-hydrogen) atoms. The molecule has 0 unspecified atom stereocenters. The highest BCUT2D eigenvalue weighted by Crippen LogP contribution is 2.31. The molecular weight excluding hydrogens is 360 g/mol. The molecule has 0 aliphatic heterocycles. The van der Waals surface area contributed by atoms with Gasteiger partial charge in [-0.2, -0.15) is 0 Å². The Hall–Kier alpha value is -3.92. The van der Waals surface area contributed by atoms with Gasteiger partial charge in [0.15, 0.2) is 0 Å². The molecule has 4 nitrogen and oxygen atoms in total. The Morgan fingerprint density at radius 3 is 1.90 bits per heavy atom. The monoisotopic (exact) mass is 378 g/mol. The summed E-state index contributed by atoms with van der Waals surface area (Å²) >= 11 is 0. The van der Waals surface area contributed by atoms with Crippen molar-refractivity contribution in [2.45, 2.75) is 6.92 Å². The van der Waals surface area contributed by atoms with Crippen LogP contribution in [0.2, 0.25) is 0 Å².